The van der Waals surface area contributed by atoms with Crippen molar-refractivity contribution in [2.24, 2.45) is 5.10 Å². The Morgan fingerprint density at radius 1 is 1.10 bits per heavy atom. The van der Waals surface area contributed by atoms with Gasteiger partial charge < -0.3 is 14.2 Å². The normalized spacial score (nSPS) is 10.7. The van der Waals surface area contributed by atoms with E-state index >= 15 is 0 Å². The van der Waals surface area contributed by atoms with Gasteiger partial charge in [0.1, 0.15) is 18.2 Å². The van der Waals surface area contributed by atoms with Crippen LogP contribution in [0, 0.1) is 5.82 Å². The van der Waals surface area contributed by atoms with Crippen molar-refractivity contribution < 1.29 is 23.4 Å². The zero-order chi connectivity index (χ0) is 22.2. The van der Waals surface area contributed by atoms with Gasteiger partial charge in [0.25, 0.3) is 5.91 Å². The standard InChI is InChI=1S/C23H20BrFN2O4/c1-29-18-9-7-16(8-10-18)23(28)27-26-13-15-11-19(24)22(21(12-15)30-2)31-14-17-5-3-4-6-20(17)25/h3-13H,14H2,1-2H3,(H,27,28)/b26-13-. The molecule has 1 amide bonds. The Kier molecular flexibility index (Phi) is 7.61. The van der Waals surface area contributed by atoms with E-state index in [2.05, 4.69) is 26.5 Å². The van der Waals surface area contributed by atoms with E-state index in [1.165, 1.54) is 19.4 Å². The summed E-state index contributed by atoms with van der Waals surface area (Å²) in [5.74, 6) is 0.844. The predicted molar refractivity (Wildman–Crippen MR) is 119 cm³/mol. The van der Waals surface area contributed by atoms with Crippen molar-refractivity contribution in [2.45, 2.75) is 6.61 Å². The highest BCUT2D eigenvalue weighted by Crippen LogP contribution is 2.37. The van der Waals surface area contributed by atoms with Gasteiger partial charge in [-0.1, -0.05) is 18.2 Å². The Bertz CT molecular complexity index is 1090. The number of nitrogens with zero attached hydrogens (tertiary/aromatic N) is 1. The molecule has 3 aromatic carbocycles. The maximum atomic E-state index is 13.8. The molecule has 0 saturated carbocycles. The summed E-state index contributed by atoms with van der Waals surface area (Å²) in [7, 11) is 3.06. The van der Waals surface area contributed by atoms with E-state index in [0.29, 0.717) is 38.4 Å². The second kappa shape index (κ2) is 10.6. The first-order valence-corrected chi connectivity index (χ1v) is 10.0. The van der Waals surface area contributed by atoms with E-state index in [0.717, 1.165) is 0 Å². The second-order valence-corrected chi connectivity index (χ2v) is 7.20. The lowest BCUT2D eigenvalue weighted by atomic mass is 10.2. The molecule has 3 aromatic rings. The van der Waals surface area contributed by atoms with Crippen LogP contribution in [0.4, 0.5) is 4.39 Å². The maximum Gasteiger partial charge on any atom is 0.271 e. The minimum Gasteiger partial charge on any atom is -0.497 e. The number of hydrazone groups is 1. The molecule has 0 atom stereocenters. The summed E-state index contributed by atoms with van der Waals surface area (Å²) in [5.41, 5.74) is 4.02. The molecule has 160 valence electrons. The molecule has 0 aliphatic carbocycles. The molecular formula is C23H20BrFN2O4. The summed E-state index contributed by atoms with van der Waals surface area (Å²) >= 11 is 3.44. The van der Waals surface area contributed by atoms with E-state index < -0.39 is 0 Å². The Balaban J connectivity index is 1.68. The topological polar surface area (TPSA) is 69.2 Å². The molecule has 0 aliphatic rings. The van der Waals surface area contributed by atoms with Gasteiger partial charge in [0.2, 0.25) is 0 Å². The van der Waals surface area contributed by atoms with Crippen molar-refractivity contribution in [3.8, 4) is 17.2 Å². The van der Waals surface area contributed by atoms with E-state index in [4.69, 9.17) is 14.2 Å². The highest BCUT2D eigenvalue weighted by Gasteiger charge is 2.13. The molecular weight excluding hydrogens is 467 g/mol. The van der Waals surface area contributed by atoms with Crippen LogP contribution in [-0.4, -0.2) is 26.3 Å². The van der Waals surface area contributed by atoms with Gasteiger partial charge in [-0.3, -0.25) is 4.79 Å². The molecule has 0 bridgehead atoms. The van der Waals surface area contributed by atoms with Crippen molar-refractivity contribution in [3.05, 3.63) is 87.6 Å². The van der Waals surface area contributed by atoms with Crippen LogP contribution in [-0.2, 0) is 6.61 Å². The van der Waals surface area contributed by atoms with Crippen LogP contribution in [0.3, 0.4) is 0 Å². The first-order valence-electron chi connectivity index (χ1n) is 9.23. The van der Waals surface area contributed by atoms with Gasteiger partial charge in [-0.2, -0.15) is 5.10 Å². The Labute approximate surface area is 187 Å². The highest BCUT2D eigenvalue weighted by atomic mass is 79.9. The minimum atomic E-state index is -0.352. The molecule has 31 heavy (non-hydrogen) atoms. The lowest BCUT2D eigenvalue weighted by Gasteiger charge is -2.14. The summed E-state index contributed by atoms with van der Waals surface area (Å²) in [6.45, 7) is 0.0486. The molecule has 3 rings (SSSR count). The molecule has 0 unspecified atom stereocenters. The predicted octanol–water partition coefficient (Wildman–Crippen LogP) is 4.95. The van der Waals surface area contributed by atoms with Crippen LogP contribution in [0.1, 0.15) is 21.5 Å². The third-order valence-electron chi connectivity index (χ3n) is 4.31. The first kappa shape index (κ1) is 22.3. The third-order valence-corrected chi connectivity index (χ3v) is 4.90. The lowest BCUT2D eigenvalue weighted by molar-refractivity contribution is 0.0955. The Hall–Kier alpha value is -3.39. The first-order chi connectivity index (χ1) is 15.0. The summed E-state index contributed by atoms with van der Waals surface area (Å²) < 4.78 is 30.7. The van der Waals surface area contributed by atoms with E-state index in [9.17, 15) is 9.18 Å². The molecule has 6 nitrogen and oxygen atoms in total. The van der Waals surface area contributed by atoms with Gasteiger partial charge in [0.15, 0.2) is 11.5 Å². The number of amides is 1. The zero-order valence-electron chi connectivity index (χ0n) is 16.9. The van der Waals surface area contributed by atoms with Gasteiger partial charge >= 0.3 is 0 Å². The summed E-state index contributed by atoms with van der Waals surface area (Å²) in [6.07, 6.45) is 1.48. The fourth-order valence-electron chi connectivity index (χ4n) is 2.69. The molecule has 0 fully saturated rings. The number of halogens is 2. The summed E-state index contributed by atoms with van der Waals surface area (Å²) in [5, 5.41) is 3.99. The maximum absolute atomic E-state index is 13.8. The molecule has 1 N–H and O–H groups in total. The average Bonchev–Trinajstić information content (AvgIpc) is 2.79. The van der Waals surface area contributed by atoms with Crippen LogP contribution >= 0.6 is 15.9 Å². The van der Waals surface area contributed by atoms with Crippen LogP contribution in [0.15, 0.2) is 70.2 Å². The van der Waals surface area contributed by atoms with E-state index in [1.807, 2.05) is 0 Å². The Morgan fingerprint density at radius 3 is 2.52 bits per heavy atom. The quantitative estimate of drug-likeness (QED) is 0.361. The van der Waals surface area contributed by atoms with Crippen molar-refractivity contribution >= 4 is 28.1 Å². The number of hydrogen-bond donors (Lipinski definition) is 1. The summed E-state index contributed by atoms with van der Waals surface area (Å²) in [6, 6.07) is 16.5. The second-order valence-electron chi connectivity index (χ2n) is 6.34. The highest BCUT2D eigenvalue weighted by molar-refractivity contribution is 9.10. The van der Waals surface area contributed by atoms with Crippen LogP contribution in [0.25, 0.3) is 0 Å². The number of nitrogens with one attached hydrogen (secondary N) is 1. The molecule has 0 heterocycles. The summed E-state index contributed by atoms with van der Waals surface area (Å²) in [4.78, 5) is 12.2. The number of hydrogen-bond acceptors (Lipinski definition) is 5. The SMILES string of the molecule is COc1ccc(C(=O)N/N=C\c2cc(Br)c(OCc3ccccc3F)c(OC)c2)cc1. The van der Waals surface area contributed by atoms with Crippen LogP contribution in [0.5, 0.6) is 17.2 Å². The number of methoxy groups -OCH3 is 2. The van der Waals surface area contributed by atoms with E-state index in [-0.39, 0.29) is 18.3 Å². The van der Waals surface area contributed by atoms with Crippen molar-refractivity contribution in [2.75, 3.05) is 14.2 Å². The number of carbonyl (C=O) groups excluding carboxylic acids is 1. The van der Waals surface area contributed by atoms with Crippen molar-refractivity contribution in [1.82, 2.24) is 5.43 Å². The van der Waals surface area contributed by atoms with Gasteiger partial charge in [-0.25, -0.2) is 9.82 Å². The monoisotopic (exact) mass is 486 g/mol. The number of ether oxygens (including phenoxy) is 3. The fourth-order valence-corrected chi connectivity index (χ4v) is 3.27. The number of carbonyl (C=O) groups is 1. The minimum absolute atomic E-state index is 0.0486. The smallest absolute Gasteiger partial charge is 0.271 e. The van der Waals surface area contributed by atoms with E-state index in [1.54, 1.807) is 61.7 Å². The number of rotatable bonds is 8. The fraction of sp³-hybridized carbons (Fsp3) is 0.130. The molecule has 0 spiro atoms. The van der Waals surface area contributed by atoms with Gasteiger partial charge in [-0.15, -0.1) is 0 Å². The van der Waals surface area contributed by atoms with Gasteiger partial charge in [-0.05, 0) is 64.0 Å². The van der Waals surface area contributed by atoms with Crippen LogP contribution < -0.4 is 19.6 Å². The lowest BCUT2D eigenvalue weighted by Crippen LogP contribution is -2.17. The third kappa shape index (κ3) is 5.82. The van der Waals surface area contributed by atoms with Crippen molar-refractivity contribution in [1.29, 1.82) is 0 Å². The molecule has 0 saturated heterocycles. The van der Waals surface area contributed by atoms with Gasteiger partial charge in [0.05, 0.1) is 24.9 Å². The van der Waals surface area contributed by atoms with Crippen molar-refractivity contribution in [3.63, 3.8) is 0 Å². The number of benzene rings is 3. The van der Waals surface area contributed by atoms with Gasteiger partial charge in [0, 0.05) is 11.1 Å². The largest absolute Gasteiger partial charge is 0.497 e. The molecule has 8 heteroatoms. The molecule has 0 aliphatic heterocycles. The van der Waals surface area contributed by atoms with Crippen LogP contribution in [0.2, 0.25) is 0 Å². The molecule has 0 radical (unpaired) electrons. The molecule has 0 aromatic heterocycles. The zero-order valence-corrected chi connectivity index (χ0v) is 18.5. The Morgan fingerprint density at radius 2 is 1.84 bits per heavy atom. The average molecular weight is 487 g/mol.